The summed E-state index contributed by atoms with van der Waals surface area (Å²) >= 11 is 3.92. The molecular weight excluding hydrogens is 1060 g/mol. The van der Waals surface area contributed by atoms with E-state index in [0.717, 1.165) is 36.3 Å². The molecule has 9 amide bonds. The van der Waals surface area contributed by atoms with Crippen molar-refractivity contribution in [3.63, 3.8) is 0 Å². The molecule has 0 aliphatic heterocycles. The van der Waals surface area contributed by atoms with Crippen molar-refractivity contribution >= 4 is 83.9 Å². The van der Waals surface area contributed by atoms with Crippen molar-refractivity contribution < 1.29 is 82.6 Å². The van der Waals surface area contributed by atoms with Gasteiger partial charge in [-0.3, -0.25) is 48.1 Å². The second-order valence-corrected chi connectivity index (χ2v) is 18.7. The SMILES string of the molecule is COC(=O)[C@@H](NC(=O)[C@@H](NC(=O)CNC(=O)[C@H](C)NC(=O)[C@H](CO)NC(=O)[C@H](CC(=O)O)NC(=O)CNC(=O)[C@@H](NC(=O)[C@H](CCCN=C(N)N)NC(=O)OCC1c2ccccc2-c2ccccc21)[C@@H](C)O)C(C)C)[C@H](O)CS. The highest BCUT2D eigenvalue weighted by Gasteiger charge is 2.36. The zero-order valence-corrected chi connectivity index (χ0v) is 44.9. The number of carboxylic acid groups (broad SMARTS) is 1. The average molecular weight is 1130 g/mol. The number of amides is 9. The molecule has 0 unspecified atom stereocenters. The first-order chi connectivity index (χ1) is 37.3. The van der Waals surface area contributed by atoms with Crippen LogP contribution in [-0.4, -0.2) is 192 Å². The third-order valence-electron chi connectivity index (χ3n) is 12.0. The molecule has 0 fully saturated rings. The lowest BCUT2D eigenvalue weighted by Crippen LogP contribution is -2.59. The van der Waals surface area contributed by atoms with Crippen LogP contribution in [0.1, 0.15) is 64.0 Å². The number of esters is 1. The zero-order valence-electron chi connectivity index (χ0n) is 44.0. The number of nitrogens with zero attached hydrogens (tertiary/aromatic N) is 1. The quantitative estimate of drug-likeness (QED) is 0.0111. The molecule has 0 spiro atoms. The Kier molecular flexibility index (Phi) is 26.4. The first-order valence-corrected chi connectivity index (χ1v) is 25.4. The Balaban J connectivity index is 1.58. The summed E-state index contributed by atoms with van der Waals surface area (Å²) in [5.74, 6) is -12.4. The van der Waals surface area contributed by atoms with E-state index in [9.17, 15) is 73.2 Å². The number of benzene rings is 2. The number of carboxylic acids is 1. The van der Waals surface area contributed by atoms with E-state index < -0.39 is 152 Å². The van der Waals surface area contributed by atoms with Gasteiger partial charge in [0.2, 0.25) is 47.3 Å². The first-order valence-electron chi connectivity index (χ1n) is 24.7. The third kappa shape index (κ3) is 20.3. The van der Waals surface area contributed by atoms with Crippen molar-refractivity contribution in [3.8, 4) is 11.1 Å². The molecule has 0 bridgehead atoms. The summed E-state index contributed by atoms with van der Waals surface area (Å²) in [6.07, 6.45) is -5.03. The zero-order chi connectivity index (χ0) is 59.1. The van der Waals surface area contributed by atoms with E-state index in [4.69, 9.17) is 16.2 Å². The number of aliphatic carboxylic acids is 1. The van der Waals surface area contributed by atoms with E-state index in [2.05, 4.69) is 70.2 Å². The Morgan fingerprint density at radius 1 is 0.658 bits per heavy atom. The molecule has 434 valence electrons. The topological polar surface area (TPSA) is 460 Å². The number of ether oxygens (including phenoxy) is 2. The van der Waals surface area contributed by atoms with Crippen molar-refractivity contribution in [1.29, 1.82) is 0 Å². The average Bonchev–Trinajstić information content (AvgIpc) is 3.89. The number of nitrogens with one attached hydrogen (secondary N) is 9. The number of methoxy groups -OCH3 is 1. The highest BCUT2D eigenvalue weighted by atomic mass is 32.1. The van der Waals surface area contributed by atoms with Crippen LogP contribution in [0, 0.1) is 5.92 Å². The van der Waals surface area contributed by atoms with E-state index in [1.807, 2.05) is 48.5 Å². The molecule has 2 aromatic rings. The molecule has 1 aliphatic rings. The summed E-state index contributed by atoms with van der Waals surface area (Å²) in [7, 11) is 1.04. The Labute approximate surface area is 459 Å². The molecule has 29 nitrogen and oxygen atoms in total. The van der Waals surface area contributed by atoms with Crippen molar-refractivity contribution in [1.82, 2.24) is 47.9 Å². The van der Waals surface area contributed by atoms with Gasteiger partial charge in [-0.05, 0) is 54.9 Å². The third-order valence-corrected chi connectivity index (χ3v) is 12.4. The molecule has 9 atom stereocenters. The fourth-order valence-electron chi connectivity index (χ4n) is 7.83. The van der Waals surface area contributed by atoms with E-state index in [0.29, 0.717) is 0 Å². The predicted octanol–water partition coefficient (Wildman–Crippen LogP) is -4.92. The van der Waals surface area contributed by atoms with E-state index in [-0.39, 0.29) is 43.6 Å². The van der Waals surface area contributed by atoms with Gasteiger partial charge in [0.25, 0.3) is 0 Å². The highest BCUT2D eigenvalue weighted by Crippen LogP contribution is 2.44. The van der Waals surface area contributed by atoms with Crippen LogP contribution in [0.2, 0.25) is 0 Å². The van der Waals surface area contributed by atoms with Gasteiger partial charge in [0.15, 0.2) is 12.0 Å². The second kappa shape index (κ2) is 32.0. The number of alkyl carbamates (subject to hydrolysis) is 1. The molecule has 0 radical (unpaired) electrons. The largest absolute Gasteiger partial charge is 0.481 e. The number of fused-ring (bicyclic) bond motifs is 3. The molecule has 79 heavy (non-hydrogen) atoms. The lowest BCUT2D eigenvalue weighted by Gasteiger charge is -2.26. The fraction of sp³-hybridized carbons (Fsp3) is 0.510. The number of nitrogens with two attached hydrogens (primary N) is 2. The van der Waals surface area contributed by atoms with Crippen LogP contribution in [0.15, 0.2) is 53.5 Å². The number of hydrogen-bond acceptors (Lipinski definition) is 18. The van der Waals surface area contributed by atoms with E-state index >= 15 is 0 Å². The monoisotopic (exact) mass is 1130 g/mol. The van der Waals surface area contributed by atoms with Crippen molar-refractivity contribution in [2.24, 2.45) is 22.4 Å². The van der Waals surface area contributed by atoms with Gasteiger partial charge < -0.3 is 89.2 Å². The van der Waals surface area contributed by atoms with Gasteiger partial charge in [-0.2, -0.15) is 12.6 Å². The molecular formula is C49H70N12O17S. The summed E-state index contributed by atoms with van der Waals surface area (Å²) in [6, 6.07) is 4.15. The molecule has 17 N–H and O–H groups in total. The minimum atomic E-state index is -1.94. The normalized spacial score (nSPS) is 14.9. The van der Waals surface area contributed by atoms with Gasteiger partial charge in [-0.25, -0.2) is 9.59 Å². The summed E-state index contributed by atoms with van der Waals surface area (Å²) < 4.78 is 10.2. The number of carbonyl (C=O) groups is 11. The van der Waals surface area contributed by atoms with Gasteiger partial charge in [-0.15, -0.1) is 0 Å². The number of rotatable bonds is 31. The maximum Gasteiger partial charge on any atom is 0.407 e. The Morgan fingerprint density at radius 3 is 1.73 bits per heavy atom. The van der Waals surface area contributed by atoms with Gasteiger partial charge in [0.05, 0.1) is 45.4 Å². The van der Waals surface area contributed by atoms with Gasteiger partial charge in [-0.1, -0.05) is 62.4 Å². The van der Waals surface area contributed by atoms with Crippen LogP contribution < -0.4 is 59.3 Å². The number of guanidine groups is 1. The van der Waals surface area contributed by atoms with Crippen molar-refractivity contribution in [2.45, 2.75) is 107 Å². The minimum absolute atomic E-state index is 0.0469. The molecule has 0 heterocycles. The Morgan fingerprint density at radius 2 is 1.20 bits per heavy atom. The number of aliphatic hydroxyl groups excluding tert-OH is 3. The summed E-state index contributed by atoms with van der Waals surface area (Å²) in [5, 5.41) is 60.4. The Hall–Kier alpha value is -8.09. The maximum atomic E-state index is 13.7. The van der Waals surface area contributed by atoms with Crippen LogP contribution in [0.25, 0.3) is 11.1 Å². The Bertz CT molecular complexity index is 2500. The van der Waals surface area contributed by atoms with Crippen LogP contribution in [0.3, 0.4) is 0 Å². The van der Waals surface area contributed by atoms with Crippen LogP contribution in [-0.2, 0) is 57.4 Å². The molecule has 3 rings (SSSR count). The molecule has 0 saturated heterocycles. The summed E-state index contributed by atoms with van der Waals surface area (Å²) in [6.45, 7) is 2.59. The number of aliphatic imine (C=N–C) groups is 1. The highest BCUT2D eigenvalue weighted by molar-refractivity contribution is 7.80. The van der Waals surface area contributed by atoms with E-state index in [1.165, 1.54) is 6.92 Å². The number of thiol groups is 1. The smallest absolute Gasteiger partial charge is 0.407 e. The first kappa shape index (κ1) is 65.2. The standard InChI is InChI=1S/C49H70N12O17S/c1-23(2)38(46(74)61-40(34(64)22-79)47(75)77-5)59-36(66)19-53-41(69)24(3)55-44(72)33(20-62)57-43(71)32(17-37(67)68)56-35(65)18-54-45(73)39(25(4)63)60-42(70)31(15-10-16-52-48(50)51)58-49(76)78-21-30-28-13-8-6-11-26(28)27-12-7-9-14-29(27)30/h6-9,11-14,23-25,30-34,38-40,62-64,79H,10,15-22H2,1-5H3,(H,53,69)(H,54,73)(H,55,72)(H,56,65)(H,57,71)(H,58,76)(H,59,66)(H,60,70)(H,61,74)(H,67,68)(H4,50,51,52)/t24-,25+,31-,32-,33-,34+,38-,39-,40-/m0/s1. The van der Waals surface area contributed by atoms with Crippen molar-refractivity contribution in [2.75, 3.05) is 45.7 Å². The van der Waals surface area contributed by atoms with Gasteiger partial charge in [0, 0.05) is 18.2 Å². The number of hydrogen-bond donors (Lipinski definition) is 16. The fourth-order valence-corrected chi connectivity index (χ4v) is 8.04. The number of aliphatic hydroxyl groups is 3. The molecule has 2 aromatic carbocycles. The summed E-state index contributed by atoms with van der Waals surface area (Å²) in [5.41, 5.74) is 14.7. The van der Waals surface area contributed by atoms with E-state index in [1.54, 1.807) is 13.8 Å². The second-order valence-electron chi connectivity index (χ2n) is 18.4. The van der Waals surface area contributed by atoms with Gasteiger partial charge >= 0.3 is 18.0 Å². The lowest BCUT2D eigenvalue weighted by atomic mass is 9.98. The molecule has 0 aromatic heterocycles. The van der Waals surface area contributed by atoms with Gasteiger partial charge in [0.1, 0.15) is 42.9 Å². The minimum Gasteiger partial charge on any atom is -0.481 e. The number of carbonyl (C=O) groups excluding carboxylic acids is 10. The van der Waals surface area contributed by atoms with Crippen LogP contribution in [0.5, 0.6) is 0 Å². The molecule has 30 heteroatoms. The molecule has 1 aliphatic carbocycles. The molecule has 0 saturated carbocycles. The predicted molar refractivity (Wildman–Crippen MR) is 283 cm³/mol. The summed E-state index contributed by atoms with van der Waals surface area (Å²) in [4.78, 5) is 146. The van der Waals surface area contributed by atoms with Crippen LogP contribution >= 0.6 is 12.6 Å². The maximum absolute atomic E-state index is 13.7. The van der Waals surface area contributed by atoms with Crippen LogP contribution in [0.4, 0.5) is 4.79 Å². The lowest BCUT2D eigenvalue weighted by molar-refractivity contribution is -0.148. The van der Waals surface area contributed by atoms with Crippen molar-refractivity contribution in [3.05, 3.63) is 59.7 Å².